The molecule has 2 heterocycles. The van der Waals surface area contributed by atoms with Crippen LogP contribution in [-0.2, 0) is 0 Å². The lowest BCUT2D eigenvalue weighted by atomic mass is 9.71. The fourth-order valence-electron chi connectivity index (χ4n) is 6.51. The maximum Gasteiger partial charge on any atom is 0.233 e. The van der Waals surface area contributed by atoms with Gasteiger partial charge in [0.1, 0.15) is 5.56 Å². The van der Waals surface area contributed by atoms with E-state index < -0.39 is 0 Å². The Bertz CT molecular complexity index is 1050. The van der Waals surface area contributed by atoms with Crippen LogP contribution in [0.3, 0.4) is 0 Å². The molecule has 0 bridgehead atoms. The molecule has 0 N–H and O–H groups in total. The molecule has 5 nitrogen and oxygen atoms in total. The quantitative estimate of drug-likeness (QED) is 0.570. The third-order valence-corrected chi connectivity index (χ3v) is 8.28. The van der Waals surface area contributed by atoms with Crippen molar-refractivity contribution in [2.24, 2.45) is 17.8 Å². The fourth-order valence-corrected chi connectivity index (χ4v) is 6.51. The van der Waals surface area contributed by atoms with Gasteiger partial charge in [0.15, 0.2) is 11.5 Å². The van der Waals surface area contributed by atoms with Gasteiger partial charge < -0.3 is 0 Å². The van der Waals surface area contributed by atoms with E-state index in [0.29, 0.717) is 28.7 Å². The lowest BCUT2D eigenvalue weighted by Gasteiger charge is -2.35. The number of hydrogen-bond acceptors (Lipinski definition) is 3. The summed E-state index contributed by atoms with van der Waals surface area (Å²) in [5.41, 5.74) is 1.45. The Hall–Kier alpha value is -2.40. The molecule has 0 spiro atoms. The van der Waals surface area contributed by atoms with Crippen LogP contribution in [0.4, 0.5) is 5.69 Å². The predicted octanol–water partition coefficient (Wildman–Crippen LogP) is 6.09. The molecule has 0 aliphatic heterocycles. The predicted molar refractivity (Wildman–Crippen MR) is 121 cm³/mol. The SMILES string of the molecule is [C-]#[N+]c1c(C#N)c2nc(C3CCC(C4CCCCC4)CC3)nn2/c1=C/C1CCCCC1. The van der Waals surface area contributed by atoms with E-state index in [1.165, 1.54) is 77.0 Å². The van der Waals surface area contributed by atoms with Crippen LogP contribution < -0.4 is 5.35 Å². The van der Waals surface area contributed by atoms with Gasteiger partial charge in [0.05, 0.1) is 18.0 Å². The zero-order chi connectivity index (χ0) is 21.2. The van der Waals surface area contributed by atoms with Gasteiger partial charge in [-0.25, -0.2) is 14.3 Å². The minimum absolute atomic E-state index is 0.394. The van der Waals surface area contributed by atoms with Crippen LogP contribution in [0.1, 0.15) is 107 Å². The number of aromatic nitrogens is 3. The van der Waals surface area contributed by atoms with Crippen LogP contribution in [0.15, 0.2) is 0 Å². The van der Waals surface area contributed by atoms with E-state index in [1.807, 2.05) is 4.52 Å². The second-order valence-corrected chi connectivity index (χ2v) is 10.1. The van der Waals surface area contributed by atoms with E-state index in [2.05, 4.69) is 17.0 Å². The minimum Gasteiger partial charge on any atom is -0.234 e. The van der Waals surface area contributed by atoms with Crippen molar-refractivity contribution in [1.82, 2.24) is 14.6 Å². The molecule has 0 radical (unpaired) electrons. The highest BCUT2D eigenvalue weighted by Crippen LogP contribution is 2.42. The minimum atomic E-state index is 0.394. The molecular formula is C26H33N5. The van der Waals surface area contributed by atoms with Gasteiger partial charge in [0.25, 0.3) is 0 Å². The second-order valence-electron chi connectivity index (χ2n) is 10.1. The van der Waals surface area contributed by atoms with E-state index in [-0.39, 0.29) is 0 Å². The molecule has 0 unspecified atom stereocenters. The zero-order valence-corrected chi connectivity index (χ0v) is 18.5. The van der Waals surface area contributed by atoms with Gasteiger partial charge in [0.2, 0.25) is 5.69 Å². The van der Waals surface area contributed by atoms with Gasteiger partial charge in [-0.2, -0.15) is 10.4 Å². The Balaban J connectivity index is 1.42. The maximum atomic E-state index is 9.78. The summed E-state index contributed by atoms with van der Waals surface area (Å²) in [5.74, 6) is 3.59. The van der Waals surface area contributed by atoms with Crippen molar-refractivity contribution < 1.29 is 0 Å². The van der Waals surface area contributed by atoms with Crippen molar-refractivity contribution in [2.75, 3.05) is 0 Å². The van der Waals surface area contributed by atoms with E-state index in [0.717, 1.165) is 35.9 Å². The summed E-state index contributed by atoms with van der Waals surface area (Å²) >= 11 is 0. The molecule has 5 heteroatoms. The summed E-state index contributed by atoms with van der Waals surface area (Å²) in [6, 6.07) is 2.26. The first-order chi connectivity index (χ1) is 15.3. The smallest absolute Gasteiger partial charge is 0.233 e. The van der Waals surface area contributed by atoms with Crippen LogP contribution in [-0.4, -0.2) is 14.6 Å². The van der Waals surface area contributed by atoms with E-state index >= 15 is 0 Å². The van der Waals surface area contributed by atoms with Crippen molar-refractivity contribution in [3.8, 4) is 6.07 Å². The van der Waals surface area contributed by atoms with Gasteiger partial charge >= 0.3 is 0 Å². The average molecular weight is 416 g/mol. The maximum absolute atomic E-state index is 9.78. The third kappa shape index (κ3) is 3.96. The topological polar surface area (TPSA) is 58.3 Å². The number of fused-ring (bicyclic) bond motifs is 1. The fraction of sp³-hybridized carbons (Fsp3) is 0.692. The second kappa shape index (κ2) is 8.99. The van der Waals surface area contributed by atoms with Crippen LogP contribution in [0.25, 0.3) is 16.6 Å². The molecule has 0 atom stereocenters. The highest BCUT2D eigenvalue weighted by Gasteiger charge is 2.31. The van der Waals surface area contributed by atoms with Gasteiger partial charge in [-0.05, 0) is 56.3 Å². The van der Waals surface area contributed by atoms with Crippen molar-refractivity contribution in [1.29, 1.82) is 5.26 Å². The first-order valence-corrected chi connectivity index (χ1v) is 12.5. The normalized spacial score (nSPS) is 26.7. The summed E-state index contributed by atoms with van der Waals surface area (Å²) in [5, 5.41) is 15.5. The lowest BCUT2D eigenvalue weighted by molar-refractivity contribution is 0.184. The first kappa shape index (κ1) is 20.5. The van der Waals surface area contributed by atoms with Gasteiger partial charge in [-0.1, -0.05) is 57.4 Å². The molecule has 0 saturated heterocycles. The van der Waals surface area contributed by atoms with Crippen LogP contribution >= 0.6 is 0 Å². The molecule has 3 aliphatic rings. The largest absolute Gasteiger partial charge is 0.234 e. The average Bonchev–Trinajstić information content (AvgIpc) is 3.38. The van der Waals surface area contributed by atoms with Crippen LogP contribution in [0.5, 0.6) is 0 Å². The summed E-state index contributed by atoms with van der Waals surface area (Å²) < 4.78 is 1.82. The number of nitriles is 1. The Labute approximate surface area is 185 Å². The van der Waals surface area contributed by atoms with Gasteiger partial charge in [-0.3, -0.25) is 0 Å². The monoisotopic (exact) mass is 415 g/mol. The molecule has 0 aromatic carbocycles. The van der Waals surface area contributed by atoms with Gasteiger partial charge in [0, 0.05) is 5.92 Å². The summed E-state index contributed by atoms with van der Waals surface area (Å²) in [4.78, 5) is 8.55. The molecule has 3 saturated carbocycles. The van der Waals surface area contributed by atoms with Gasteiger partial charge in [-0.15, -0.1) is 0 Å². The summed E-state index contributed by atoms with van der Waals surface area (Å²) in [6.07, 6.45) is 20.4. The Morgan fingerprint density at radius 2 is 1.55 bits per heavy atom. The van der Waals surface area contributed by atoms with E-state index in [4.69, 9.17) is 16.7 Å². The number of nitrogens with zero attached hydrogens (tertiary/aromatic N) is 5. The Morgan fingerprint density at radius 3 is 2.19 bits per heavy atom. The first-order valence-electron chi connectivity index (χ1n) is 12.5. The third-order valence-electron chi connectivity index (χ3n) is 8.28. The number of rotatable bonds is 3. The molecule has 0 amide bonds. The lowest BCUT2D eigenvalue weighted by Crippen LogP contribution is -2.23. The molecule has 2 aromatic rings. The highest BCUT2D eigenvalue weighted by atomic mass is 15.3. The molecule has 3 aliphatic carbocycles. The zero-order valence-electron chi connectivity index (χ0n) is 18.5. The Morgan fingerprint density at radius 1 is 0.903 bits per heavy atom. The summed E-state index contributed by atoms with van der Waals surface area (Å²) in [6.45, 7) is 7.67. The molecule has 5 rings (SSSR count). The van der Waals surface area contributed by atoms with Crippen molar-refractivity contribution in [2.45, 2.75) is 95.8 Å². The van der Waals surface area contributed by atoms with Crippen molar-refractivity contribution >= 4 is 17.4 Å². The highest BCUT2D eigenvalue weighted by molar-refractivity contribution is 5.73. The molecule has 3 fully saturated rings. The van der Waals surface area contributed by atoms with Crippen LogP contribution in [0, 0.1) is 35.7 Å². The van der Waals surface area contributed by atoms with E-state index in [1.54, 1.807) is 0 Å². The van der Waals surface area contributed by atoms with E-state index in [9.17, 15) is 5.26 Å². The van der Waals surface area contributed by atoms with Crippen molar-refractivity contribution in [3.63, 3.8) is 0 Å². The van der Waals surface area contributed by atoms with Crippen molar-refractivity contribution in [3.05, 3.63) is 28.2 Å². The molecule has 2 aromatic heterocycles. The Kier molecular flexibility index (Phi) is 5.95. The summed E-state index contributed by atoms with van der Waals surface area (Å²) in [7, 11) is 0. The molecule has 31 heavy (non-hydrogen) atoms. The van der Waals surface area contributed by atoms with Crippen LogP contribution in [0.2, 0.25) is 0 Å². The molecule has 162 valence electrons. The molecular weight excluding hydrogens is 382 g/mol. The standard InChI is InChI=1S/C26H33N5/c1-28-24-22(17-27)26-29-25(30-31(26)23(24)16-18-8-4-2-5-9-18)21-14-12-20(13-15-21)19-10-6-3-7-11-19/h16,18-21H,2-15H2/b23-16+. The number of hydrogen-bond donors (Lipinski definition) is 0.